The highest BCUT2D eigenvalue weighted by molar-refractivity contribution is 7.89. The molecule has 1 atom stereocenters. The number of anilines is 1. The Morgan fingerprint density at radius 3 is 2.35 bits per heavy atom. The summed E-state index contributed by atoms with van der Waals surface area (Å²) in [5.41, 5.74) is 0.519. The van der Waals surface area contributed by atoms with Gasteiger partial charge in [-0.1, -0.05) is 6.92 Å². The predicted octanol–water partition coefficient (Wildman–Crippen LogP) is 3.55. The Morgan fingerprint density at radius 2 is 1.73 bits per heavy atom. The topological polar surface area (TPSA) is 96.0 Å². The summed E-state index contributed by atoms with van der Waals surface area (Å²) in [6.45, 7) is 4.94. The van der Waals surface area contributed by atoms with E-state index in [1.165, 1.54) is 59.9 Å². The predicted molar refractivity (Wildman–Crippen MR) is 140 cm³/mol. The highest BCUT2D eigenvalue weighted by Gasteiger charge is 2.53. The zero-order chi connectivity index (χ0) is 25.9. The smallest absolute Gasteiger partial charge is 0.265 e. The van der Waals surface area contributed by atoms with Crippen molar-refractivity contribution in [3.63, 3.8) is 0 Å². The van der Waals surface area contributed by atoms with E-state index in [0.29, 0.717) is 30.4 Å². The second-order valence-electron chi connectivity index (χ2n) is 12.6. The van der Waals surface area contributed by atoms with E-state index in [9.17, 15) is 18.0 Å². The molecule has 37 heavy (non-hydrogen) atoms. The highest BCUT2D eigenvalue weighted by atomic mass is 32.2. The van der Waals surface area contributed by atoms with Gasteiger partial charge in [-0.2, -0.15) is 4.31 Å². The maximum atomic E-state index is 13.3. The molecule has 2 heterocycles. The minimum atomic E-state index is -3.69. The molecule has 6 aliphatic rings. The van der Waals surface area contributed by atoms with Crippen molar-refractivity contribution in [1.82, 2.24) is 9.62 Å². The maximum absolute atomic E-state index is 13.3. The second kappa shape index (κ2) is 9.26. The number of piperidine rings is 1. The third kappa shape index (κ3) is 4.56. The molecular formula is C28H39N3O5S. The summed E-state index contributed by atoms with van der Waals surface area (Å²) in [7, 11) is -3.69. The average molecular weight is 530 g/mol. The van der Waals surface area contributed by atoms with Crippen LogP contribution in [0, 0.1) is 29.1 Å². The molecule has 0 unspecified atom stereocenters. The SMILES string of the molecule is CC1CCN(S(=O)(=O)c2ccc3c(c2)N(CC(=O)N[C@H](C)C24CC5CC(CC(C5)C2)C4)C(=O)CO3)CC1. The Kier molecular flexibility index (Phi) is 6.30. The van der Waals surface area contributed by atoms with Crippen molar-refractivity contribution in [2.24, 2.45) is 29.1 Å². The molecule has 1 saturated heterocycles. The fourth-order valence-corrected chi connectivity index (χ4v) is 9.67. The number of hydrogen-bond acceptors (Lipinski definition) is 5. The lowest BCUT2D eigenvalue weighted by Crippen LogP contribution is -2.57. The van der Waals surface area contributed by atoms with Crippen LogP contribution in [0.25, 0.3) is 0 Å². The zero-order valence-electron chi connectivity index (χ0n) is 21.9. The normalized spacial score (nSPS) is 32.6. The van der Waals surface area contributed by atoms with E-state index in [2.05, 4.69) is 19.2 Å². The molecule has 1 aromatic carbocycles. The number of sulfonamides is 1. The Morgan fingerprint density at radius 1 is 1.11 bits per heavy atom. The van der Waals surface area contributed by atoms with Gasteiger partial charge in [0.25, 0.3) is 5.91 Å². The van der Waals surface area contributed by atoms with Crippen LogP contribution >= 0.6 is 0 Å². The van der Waals surface area contributed by atoms with E-state index in [0.717, 1.165) is 30.6 Å². The molecule has 8 nitrogen and oxygen atoms in total. The summed E-state index contributed by atoms with van der Waals surface area (Å²) in [5.74, 6) is 2.77. The van der Waals surface area contributed by atoms with Crippen LogP contribution in [-0.2, 0) is 19.6 Å². The molecule has 202 valence electrons. The van der Waals surface area contributed by atoms with E-state index < -0.39 is 10.0 Å². The number of hydrogen-bond donors (Lipinski definition) is 1. The van der Waals surface area contributed by atoms with Crippen LogP contribution in [-0.4, -0.2) is 56.8 Å². The van der Waals surface area contributed by atoms with Gasteiger partial charge in [0.15, 0.2) is 6.61 Å². The Labute approximate surface area is 220 Å². The van der Waals surface area contributed by atoms with Gasteiger partial charge in [0, 0.05) is 19.1 Å². The van der Waals surface area contributed by atoms with Gasteiger partial charge in [-0.05, 0) is 106 Å². The van der Waals surface area contributed by atoms with Crippen LogP contribution in [0.5, 0.6) is 5.75 Å². The minimum Gasteiger partial charge on any atom is -0.482 e. The lowest BCUT2D eigenvalue weighted by Gasteiger charge is -2.59. The molecule has 1 N–H and O–H groups in total. The van der Waals surface area contributed by atoms with Gasteiger partial charge in [0.05, 0.1) is 10.6 Å². The van der Waals surface area contributed by atoms with Crippen molar-refractivity contribution < 1.29 is 22.7 Å². The van der Waals surface area contributed by atoms with E-state index in [1.807, 2.05) is 0 Å². The van der Waals surface area contributed by atoms with Crippen LogP contribution in [0.1, 0.15) is 65.2 Å². The number of nitrogens with one attached hydrogen (secondary N) is 1. The Balaban J connectivity index is 1.18. The summed E-state index contributed by atoms with van der Waals surface area (Å²) in [4.78, 5) is 27.6. The number of carbonyl (C=O) groups excluding carboxylic acids is 2. The van der Waals surface area contributed by atoms with Crippen LogP contribution in [0.2, 0.25) is 0 Å². The first kappa shape index (κ1) is 25.2. The molecule has 4 saturated carbocycles. The molecule has 0 aromatic heterocycles. The Hall–Kier alpha value is -2.13. The summed E-state index contributed by atoms with van der Waals surface area (Å²) >= 11 is 0. The molecule has 5 fully saturated rings. The molecule has 2 amide bonds. The number of nitrogens with zero attached hydrogens (tertiary/aromatic N) is 2. The van der Waals surface area contributed by atoms with Crippen molar-refractivity contribution in [3.8, 4) is 5.75 Å². The summed E-state index contributed by atoms with van der Waals surface area (Å²) in [5, 5.41) is 3.24. The van der Waals surface area contributed by atoms with Gasteiger partial charge < -0.3 is 10.1 Å². The molecule has 0 spiro atoms. The standard InChI is InChI=1S/C28H39N3O5S/c1-18-5-7-30(8-6-18)37(34,35)23-3-4-25-24(12-23)31(27(33)17-36-25)16-26(32)29-19(2)28-13-20-9-21(14-28)11-22(10-20)15-28/h3-4,12,18-22H,5-11,13-17H2,1-2H3,(H,29,32)/t19-,20?,21?,22?,28?/m1/s1. The molecule has 1 aromatic rings. The number of benzene rings is 1. The first-order valence-corrected chi connectivity index (χ1v) is 15.4. The van der Waals surface area contributed by atoms with Crippen molar-refractivity contribution >= 4 is 27.5 Å². The second-order valence-corrected chi connectivity index (χ2v) is 14.5. The first-order chi connectivity index (χ1) is 17.6. The molecule has 4 aliphatic carbocycles. The van der Waals surface area contributed by atoms with Crippen LogP contribution in [0.15, 0.2) is 23.1 Å². The quantitative estimate of drug-likeness (QED) is 0.608. The summed E-state index contributed by atoms with van der Waals surface area (Å²) < 4.78 is 33.8. The van der Waals surface area contributed by atoms with Crippen molar-refractivity contribution in [1.29, 1.82) is 0 Å². The molecule has 9 heteroatoms. The highest BCUT2D eigenvalue weighted by Crippen LogP contribution is 2.61. The van der Waals surface area contributed by atoms with Gasteiger partial charge in [0.2, 0.25) is 15.9 Å². The molecule has 4 bridgehead atoms. The lowest BCUT2D eigenvalue weighted by atomic mass is 9.48. The monoisotopic (exact) mass is 529 g/mol. The summed E-state index contributed by atoms with van der Waals surface area (Å²) in [6.07, 6.45) is 9.28. The zero-order valence-corrected chi connectivity index (χ0v) is 22.8. The fourth-order valence-electron chi connectivity index (χ4n) is 8.18. The number of fused-ring (bicyclic) bond motifs is 1. The molecular weight excluding hydrogens is 490 g/mol. The van der Waals surface area contributed by atoms with E-state index in [-0.39, 0.29) is 41.3 Å². The fraction of sp³-hybridized carbons (Fsp3) is 0.714. The van der Waals surface area contributed by atoms with E-state index in [4.69, 9.17) is 4.74 Å². The largest absolute Gasteiger partial charge is 0.482 e. The average Bonchev–Trinajstić information content (AvgIpc) is 2.85. The molecule has 0 radical (unpaired) electrons. The number of amides is 2. The third-order valence-electron chi connectivity index (χ3n) is 9.94. The maximum Gasteiger partial charge on any atom is 0.265 e. The minimum absolute atomic E-state index is 0.0530. The number of rotatable bonds is 6. The van der Waals surface area contributed by atoms with Gasteiger partial charge in [-0.3, -0.25) is 14.5 Å². The van der Waals surface area contributed by atoms with Crippen molar-refractivity contribution in [2.75, 3.05) is 31.1 Å². The van der Waals surface area contributed by atoms with Gasteiger partial charge >= 0.3 is 0 Å². The molecule has 2 aliphatic heterocycles. The number of ether oxygens (including phenoxy) is 1. The summed E-state index contributed by atoms with van der Waals surface area (Å²) in [6, 6.07) is 4.69. The first-order valence-electron chi connectivity index (χ1n) is 14.0. The van der Waals surface area contributed by atoms with E-state index >= 15 is 0 Å². The van der Waals surface area contributed by atoms with Gasteiger partial charge in [-0.15, -0.1) is 0 Å². The molecule has 7 rings (SSSR count). The lowest BCUT2D eigenvalue weighted by molar-refractivity contribution is -0.127. The van der Waals surface area contributed by atoms with Gasteiger partial charge in [0.1, 0.15) is 12.3 Å². The van der Waals surface area contributed by atoms with Crippen LogP contribution in [0.4, 0.5) is 5.69 Å². The van der Waals surface area contributed by atoms with Crippen molar-refractivity contribution in [3.05, 3.63) is 18.2 Å². The third-order valence-corrected chi connectivity index (χ3v) is 11.8. The van der Waals surface area contributed by atoms with Crippen LogP contribution in [0.3, 0.4) is 0 Å². The van der Waals surface area contributed by atoms with E-state index in [1.54, 1.807) is 6.07 Å². The van der Waals surface area contributed by atoms with Crippen molar-refractivity contribution in [2.45, 2.75) is 76.2 Å². The number of carbonyl (C=O) groups is 2. The van der Waals surface area contributed by atoms with Crippen LogP contribution < -0.4 is 15.0 Å². The van der Waals surface area contributed by atoms with Gasteiger partial charge in [-0.25, -0.2) is 8.42 Å². The Bertz CT molecular complexity index is 1150.